The van der Waals surface area contributed by atoms with Crippen LogP contribution in [0.15, 0.2) is 48.5 Å². The van der Waals surface area contributed by atoms with Crippen LogP contribution < -0.4 is 9.47 Å². The predicted octanol–water partition coefficient (Wildman–Crippen LogP) is 3.41. The summed E-state index contributed by atoms with van der Waals surface area (Å²) in [6.07, 6.45) is 1.03. The Morgan fingerprint density at radius 1 is 1.11 bits per heavy atom. The van der Waals surface area contributed by atoms with Crippen molar-refractivity contribution in [1.82, 2.24) is 0 Å². The lowest BCUT2D eigenvalue weighted by Crippen LogP contribution is -2.19. The highest BCUT2D eigenvalue weighted by Crippen LogP contribution is 2.33. The second-order valence-electron chi connectivity index (χ2n) is 4.60. The molecule has 1 atom stereocenters. The van der Waals surface area contributed by atoms with E-state index < -0.39 is 0 Å². The van der Waals surface area contributed by atoms with Gasteiger partial charge in [0.2, 0.25) is 0 Å². The van der Waals surface area contributed by atoms with E-state index in [1.165, 1.54) is 11.1 Å². The molecule has 92 valence electrons. The molecule has 0 saturated heterocycles. The maximum atomic E-state index is 5.82. The molecule has 0 saturated carbocycles. The van der Waals surface area contributed by atoms with E-state index in [1.54, 1.807) is 7.11 Å². The Balaban J connectivity index is 1.87. The van der Waals surface area contributed by atoms with Crippen molar-refractivity contribution in [3.8, 4) is 11.5 Å². The Labute approximate surface area is 107 Å². The monoisotopic (exact) mass is 240 g/mol. The van der Waals surface area contributed by atoms with E-state index in [2.05, 4.69) is 24.3 Å². The van der Waals surface area contributed by atoms with Crippen LogP contribution in [0.5, 0.6) is 11.5 Å². The average molecular weight is 240 g/mol. The summed E-state index contributed by atoms with van der Waals surface area (Å²) in [7, 11) is 1.70. The van der Waals surface area contributed by atoms with Crippen LogP contribution in [0.2, 0.25) is 0 Å². The van der Waals surface area contributed by atoms with Crippen molar-refractivity contribution < 1.29 is 9.47 Å². The minimum Gasteiger partial charge on any atom is -0.497 e. The summed E-state index contributed by atoms with van der Waals surface area (Å²) in [5.41, 5.74) is 2.57. The maximum absolute atomic E-state index is 5.82. The van der Waals surface area contributed by atoms with E-state index in [4.69, 9.17) is 9.47 Å². The molecule has 2 heteroatoms. The average Bonchev–Trinajstić information content (AvgIpc) is 2.47. The Hall–Kier alpha value is -1.96. The summed E-state index contributed by atoms with van der Waals surface area (Å²) in [4.78, 5) is 0. The maximum Gasteiger partial charge on any atom is 0.122 e. The number of fused-ring (bicyclic) bond motifs is 1. The predicted molar refractivity (Wildman–Crippen MR) is 71.4 cm³/mol. The van der Waals surface area contributed by atoms with Crippen LogP contribution in [0.3, 0.4) is 0 Å². The third-order valence-electron chi connectivity index (χ3n) is 3.44. The van der Waals surface area contributed by atoms with Crippen molar-refractivity contribution in [2.75, 3.05) is 13.7 Å². The van der Waals surface area contributed by atoms with Crippen LogP contribution in [0.4, 0.5) is 0 Å². The Kier molecular flexibility index (Phi) is 2.93. The molecule has 3 rings (SSSR count). The molecule has 0 bridgehead atoms. The molecule has 18 heavy (non-hydrogen) atoms. The van der Waals surface area contributed by atoms with Gasteiger partial charge in [-0.25, -0.2) is 0 Å². The van der Waals surface area contributed by atoms with Crippen molar-refractivity contribution in [3.05, 3.63) is 59.7 Å². The molecule has 0 radical (unpaired) electrons. The fourth-order valence-electron chi connectivity index (χ4n) is 2.44. The number of hydrogen-bond donors (Lipinski definition) is 0. The van der Waals surface area contributed by atoms with Crippen LogP contribution >= 0.6 is 0 Å². The second kappa shape index (κ2) is 4.73. The number of ether oxygens (including phenoxy) is 2. The Morgan fingerprint density at radius 3 is 2.89 bits per heavy atom. The van der Waals surface area contributed by atoms with Gasteiger partial charge in [0.05, 0.1) is 13.7 Å². The van der Waals surface area contributed by atoms with Gasteiger partial charge in [0.1, 0.15) is 11.5 Å². The van der Waals surface area contributed by atoms with Crippen LogP contribution in [-0.2, 0) is 6.42 Å². The molecular weight excluding hydrogens is 224 g/mol. The summed E-state index contributed by atoms with van der Waals surface area (Å²) in [6, 6.07) is 16.5. The van der Waals surface area contributed by atoms with E-state index >= 15 is 0 Å². The van der Waals surface area contributed by atoms with Crippen molar-refractivity contribution in [2.24, 2.45) is 0 Å². The van der Waals surface area contributed by atoms with Crippen LogP contribution in [0.1, 0.15) is 17.0 Å². The summed E-state index contributed by atoms with van der Waals surface area (Å²) in [5.74, 6) is 2.35. The molecule has 0 N–H and O–H groups in total. The smallest absolute Gasteiger partial charge is 0.122 e. The molecule has 2 nitrogen and oxygen atoms in total. The van der Waals surface area contributed by atoms with E-state index in [0.29, 0.717) is 5.92 Å². The number of rotatable bonds is 2. The Morgan fingerprint density at radius 2 is 2.00 bits per heavy atom. The van der Waals surface area contributed by atoms with Crippen LogP contribution in [0, 0.1) is 0 Å². The molecule has 1 aliphatic heterocycles. The van der Waals surface area contributed by atoms with Gasteiger partial charge in [-0.05, 0) is 35.7 Å². The molecule has 1 heterocycles. The quantitative estimate of drug-likeness (QED) is 0.800. The van der Waals surface area contributed by atoms with Crippen molar-refractivity contribution in [1.29, 1.82) is 0 Å². The lowest BCUT2D eigenvalue weighted by molar-refractivity contribution is 0.262. The first kappa shape index (κ1) is 11.1. The van der Waals surface area contributed by atoms with Gasteiger partial charge in [0, 0.05) is 5.92 Å². The topological polar surface area (TPSA) is 18.5 Å². The van der Waals surface area contributed by atoms with Gasteiger partial charge in [-0.2, -0.15) is 0 Å². The van der Waals surface area contributed by atoms with E-state index in [9.17, 15) is 0 Å². The zero-order chi connectivity index (χ0) is 12.4. The third kappa shape index (κ3) is 2.06. The highest BCUT2D eigenvalue weighted by atomic mass is 16.5. The fourth-order valence-corrected chi connectivity index (χ4v) is 2.44. The summed E-state index contributed by atoms with van der Waals surface area (Å²) in [5, 5.41) is 0. The number of methoxy groups -OCH3 is 1. The molecule has 1 aliphatic rings. The van der Waals surface area contributed by atoms with Crippen molar-refractivity contribution >= 4 is 0 Å². The molecule has 0 aromatic heterocycles. The zero-order valence-corrected chi connectivity index (χ0v) is 10.4. The van der Waals surface area contributed by atoms with Gasteiger partial charge in [-0.3, -0.25) is 0 Å². The molecular formula is C16H16O2. The van der Waals surface area contributed by atoms with Gasteiger partial charge < -0.3 is 9.47 Å². The minimum absolute atomic E-state index is 0.412. The van der Waals surface area contributed by atoms with Crippen molar-refractivity contribution in [2.45, 2.75) is 12.3 Å². The van der Waals surface area contributed by atoms with E-state index in [0.717, 1.165) is 24.5 Å². The zero-order valence-electron chi connectivity index (χ0n) is 10.4. The number of para-hydroxylation sites is 1. The van der Waals surface area contributed by atoms with Crippen LogP contribution in [-0.4, -0.2) is 13.7 Å². The lowest BCUT2D eigenvalue weighted by atomic mass is 9.90. The second-order valence-corrected chi connectivity index (χ2v) is 4.60. The standard InChI is InChI=1S/C16H16O2/c1-17-15-7-4-6-12(10-15)14-9-13-5-2-3-8-16(13)18-11-14/h2-8,10,14H,9,11H2,1H3/t14-/m1/s1. The van der Waals surface area contributed by atoms with Gasteiger partial charge in [0.15, 0.2) is 0 Å². The first-order chi connectivity index (χ1) is 8.86. The molecule has 0 aliphatic carbocycles. The molecule has 0 spiro atoms. The van der Waals surface area contributed by atoms with Gasteiger partial charge in [-0.15, -0.1) is 0 Å². The summed E-state index contributed by atoms with van der Waals surface area (Å²) >= 11 is 0. The van der Waals surface area contributed by atoms with Gasteiger partial charge >= 0.3 is 0 Å². The lowest BCUT2D eigenvalue weighted by Gasteiger charge is -2.25. The summed E-state index contributed by atoms with van der Waals surface area (Å²) in [6.45, 7) is 0.740. The van der Waals surface area contributed by atoms with Crippen molar-refractivity contribution in [3.63, 3.8) is 0 Å². The largest absolute Gasteiger partial charge is 0.497 e. The highest BCUT2D eigenvalue weighted by molar-refractivity contribution is 5.39. The first-order valence-corrected chi connectivity index (χ1v) is 6.21. The SMILES string of the molecule is COc1cccc([C@H]2COc3ccccc3C2)c1. The highest BCUT2D eigenvalue weighted by Gasteiger charge is 2.21. The third-order valence-corrected chi connectivity index (χ3v) is 3.44. The number of hydrogen-bond acceptors (Lipinski definition) is 2. The normalized spacial score (nSPS) is 17.7. The molecule has 2 aromatic carbocycles. The fraction of sp³-hybridized carbons (Fsp3) is 0.250. The Bertz CT molecular complexity index is 548. The molecule has 0 amide bonds. The molecule has 2 aromatic rings. The molecule has 0 unspecified atom stereocenters. The van der Waals surface area contributed by atoms with E-state index in [1.807, 2.05) is 24.3 Å². The van der Waals surface area contributed by atoms with Crippen LogP contribution in [0.25, 0.3) is 0 Å². The first-order valence-electron chi connectivity index (χ1n) is 6.21. The summed E-state index contributed by atoms with van der Waals surface area (Å²) < 4.78 is 11.1. The van der Waals surface area contributed by atoms with Gasteiger partial charge in [-0.1, -0.05) is 30.3 Å². The van der Waals surface area contributed by atoms with Gasteiger partial charge in [0.25, 0.3) is 0 Å². The minimum atomic E-state index is 0.412. The number of benzene rings is 2. The molecule has 0 fully saturated rings. The van der Waals surface area contributed by atoms with E-state index in [-0.39, 0.29) is 0 Å².